The normalized spacial score (nSPS) is 14.6. The molecule has 0 unspecified atom stereocenters. The molecular formula is C25H25N5O2. The van der Waals surface area contributed by atoms with Gasteiger partial charge in [-0.15, -0.1) is 0 Å². The van der Waals surface area contributed by atoms with E-state index in [1.54, 1.807) is 18.6 Å². The van der Waals surface area contributed by atoms with E-state index < -0.39 is 0 Å². The molecule has 1 amide bonds. The second-order valence-electron chi connectivity index (χ2n) is 8.05. The van der Waals surface area contributed by atoms with Crippen molar-refractivity contribution in [3.63, 3.8) is 0 Å². The highest BCUT2D eigenvalue weighted by atomic mass is 16.5. The van der Waals surface area contributed by atoms with Crippen LogP contribution < -0.4 is 4.74 Å². The van der Waals surface area contributed by atoms with Gasteiger partial charge in [0.2, 0.25) is 5.91 Å². The van der Waals surface area contributed by atoms with Crippen molar-refractivity contribution in [3.05, 3.63) is 79.1 Å². The molecule has 0 radical (unpaired) electrons. The molecule has 1 aliphatic rings. The van der Waals surface area contributed by atoms with Crippen LogP contribution >= 0.6 is 0 Å². The molecule has 4 heterocycles. The third-order valence-corrected chi connectivity index (χ3v) is 5.89. The second-order valence-corrected chi connectivity index (χ2v) is 8.05. The Morgan fingerprint density at radius 2 is 1.81 bits per heavy atom. The zero-order valence-corrected chi connectivity index (χ0v) is 17.8. The molecule has 1 fully saturated rings. The van der Waals surface area contributed by atoms with Gasteiger partial charge < -0.3 is 9.64 Å². The van der Waals surface area contributed by atoms with Crippen molar-refractivity contribution in [2.75, 3.05) is 13.1 Å². The number of fused-ring (bicyclic) bond motifs is 1. The van der Waals surface area contributed by atoms with Gasteiger partial charge in [0.15, 0.2) is 0 Å². The lowest BCUT2D eigenvalue weighted by molar-refractivity contribution is -0.132. The lowest BCUT2D eigenvalue weighted by atomic mass is 10.1. The van der Waals surface area contributed by atoms with Crippen molar-refractivity contribution >= 4 is 16.9 Å². The Hall–Kier alpha value is -3.74. The molecule has 7 heteroatoms. The summed E-state index contributed by atoms with van der Waals surface area (Å²) in [4.78, 5) is 27.3. The minimum Gasteiger partial charge on any atom is -0.489 e. The number of likely N-dealkylation sites (tertiary alicyclic amines) is 1. The minimum absolute atomic E-state index is 0.0945. The van der Waals surface area contributed by atoms with Crippen molar-refractivity contribution in [2.45, 2.75) is 31.8 Å². The number of carbonyl (C=O) groups is 1. The fourth-order valence-corrected chi connectivity index (χ4v) is 4.16. The first-order valence-electron chi connectivity index (χ1n) is 11.0. The molecule has 0 aliphatic carbocycles. The van der Waals surface area contributed by atoms with E-state index in [1.807, 2.05) is 46.0 Å². The molecule has 1 aromatic carbocycles. The zero-order chi connectivity index (χ0) is 21.8. The van der Waals surface area contributed by atoms with Crippen LogP contribution in [0.5, 0.6) is 5.75 Å². The topological polar surface area (TPSA) is 73.1 Å². The lowest BCUT2D eigenvalue weighted by Gasteiger charge is -2.32. The summed E-state index contributed by atoms with van der Waals surface area (Å²) in [5.74, 6) is 0.982. The van der Waals surface area contributed by atoms with E-state index in [2.05, 4.69) is 27.1 Å². The van der Waals surface area contributed by atoms with Gasteiger partial charge in [-0.2, -0.15) is 0 Å². The summed E-state index contributed by atoms with van der Waals surface area (Å²) in [5.41, 5.74) is 2.91. The van der Waals surface area contributed by atoms with Gasteiger partial charge in [-0.25, -0.2) is 15.0 Å². The highest BCUT2D eigenvalue weighted by Crippen LogP contribution is 2.25. The summed E-state index contributed by atoms with van der Waals surface area (Å²) >= 11 is 0. The maximum atomic E-state index is 12.6. The van der Waals surface area contributed by atoms with Crippen molar-refractivity contribution in [1.82, 2.24) is 24.4 Å². The molecule has 3 aromatic heterocycles. The molecule has 7 nitrogen and oxygen atoms in total. The Morgan fingerprint density at radius 1 is 1.03 bits per heavy atom. The van der Waals surface area contributed by atoms with Gasteiger partial charge in [-0.3, -0.25) is 9.36 Å². The number of rotatable bonds is 6. The number of piperidine rings is 1. The molecule has 0 atom stereocenters. The fourth-order valence-electron chi connectivity index (χ4n) is 4.16. The number of hydrogen-bond donors (Lipinski definition) is 0. The zero-order valence-electron chi connectivity index (χ0n) is 17.8. The Morgan fingerprint density at radius 3 is 2.59 bits per heavy atom. The summed E-state index contributed by atoms with van der Waals surface area (Å²) in [6.45, 7) is 1.47. The van der Waals surface area contributed by atoms with Crippen molar-refractivity contribution in [3.8, 4) is 11.4 Å². The molecule has 0 spiro atoms. The average Bonchev–Trinajstić information content (AvgIpc) is 3.27. The predicted molar refractivity (Wildman–Crippen MR) is 122 cm³/mol. The Balaban J connectivity index is 1.16. The Labute approximate surface area is 186 Å². The number of aromatic nitrogens is 4. The SMILES string of the molecule is O=C(CCc1ccccc1)N1CCC(Oc2cnc3c(ccn3-c3cncnc3)c2)CC1. The van der Waals surface area contributed by atoms with E-state index in [0.29, 0.717) is 6.42 Å². The Bertz CT molecular complexity index is 1180. The van der Waals surface area contributed by atoms with Crippen LogP contribution in [0.25, 0.3) is 16.7 Å². The predicted octanol–water partition coefficient (Wildman–Crippen LogP) is 3.82. The number of benzene rings is 1. The van der Waals surface area contributed by atoms with Gasteiger partial charge in [-0.05, 0) is 24.1 Å². The molecule has 0 N–H and O–H groups in total. The van der Waals surface area contributed by atoms with Gasteiger partial charge in [0, 0.05) is 43.9 Å². The summed E-state index contributed by atoms with van der Waals surface area (Å²) in [5, 5.41) is 1.000. The standard InChI is InChI=1S/C25H25N5O2/c31-24(7-6-19-4-2-1-3-5-19)29-11-9-22(10-12-29)32-23-14-20-8-13-30(25(20)28-17-23)21-15-26-18-27-16-21/h1-5,8,13-18,22H,6-7,9-12H2. The first kappa shape index (κ1) is 20.2. The number of amides is 1. The van der Waals surface area contributed by atoms with Crippen molar-refractivity contribution < 1.29 is 9.53 Å². The lowest BCUT2D eigenvalue weighted by Crippen LogP contribution is -2.41. The summed E-state index contributed by atoms with van der Waals surface area (Å²) in [6, 6.07) is 14.2. The third kappa shape index (κ3) is 4.46. The van der Waals surface area contributed by atoms with Crippen LogP contribution in [0, 0.1) is 0 Å². The number of nitrogens with zero attached hydrogens (tertiary/aromatic N) is 5. The van der Waals surface area contributed by atoms with Gasteiger partial charge >= 0.3 is 0 Å². The molecular weight excluding hydrogens is 402 g/mol. The van der Waals surface area contributed by atoms with Crippen molar-refractivity contribution in [2.24, 2.45) is 0 Å². The van der Waals surface area contributed by atoms with E-state index in [9.17, 15) is 4.79 Å². The van der Waals surface area contributed by atoms with Crippen LogP contribution in [-0.2, 0) is 11.2 Å². The molecule has 162 valence electrons. The number of hydrogen-bond acceptors (Lipinski definition) is 5. The summed E-state index contributed by atoms with van der Waals surface area (Å²) < 4.78 is 8.16. The number of aryl methyl sites for hydroxylation is 1. The largest absolute Gasteiger partial charge is 0.489 e. The molecule has 1 saturated heterocycles. The van der Waals surface area contributed by atoms with Crippen LogP contribution in [0.4, 0.5) is 0 Å². The van der Waals surface area contributed by atoms with Crippen LogP contribution in [0.3, 0.4) is 0 Å². The smallest absolute Gasteiger partial charge is 0.222 e. The summed E-state index contributed by atoms with van der Waals surface area (Å²) in [6.07, 6.45) is 11.8. The number of ether oxygens (including phenoxy) is 1. The molecule has 32 heavy (non-hydrogen) atoms. The van der Waals surface area contributed by atoms with Gasteiger partial charge in [0.1, 0.15) is 23.8 Å². The molecule has 5 rings (SSSR count). The monoisotopic (exact) mass is 427 g/mol. The first-order chi connectivity index (χ1) is 15.8. The highest BCUT2D eigenvalue weighted by Gasteiger charge is 2.24. The van der Waals surface area contributed by atoms with Crippen LogP contribution in [0.2, 0.25) is 0 Å². The molecule has 4 aromatic rings. The van der Waals surface area contributed by atoms with E-state index in [1.165, 1.54) is 11.9 Å². The number of pyridine rings is 1. The molecule has 0 bridgehead atoms. The third-order valence-electron chi connectivity index (χ3n) is 5.89. The van der Waals surface area contributed by atoms with Crippen LogP contribution in [-0.4, -0.2) is 49.5 Å². The van der Waals surface area contributed by atoms with Crippen LogP contribution in [0.1, 0.15) is 24.8 Å². The first-order valence-corrected chi connectivity index (χ1v) is 11.0. The Kier molecular flexibility index (Phi) is 5.79. The summed E-state index contributed by atoms with van der Waals surface area (Å²) in [7, 11) is 0. The maximum Gasteiger partial charge on any atom is 0.222 e. The van der Waals surface area contributed by atoms with E-state index in [4.69, 9.17) is 4.74 Å². The maximum absolute atomic E-state index is 12.6. The fraction of sp³-hybridized carbons (Fsp3) is 0.280. The minimum atomic E-state index is 0.0945. The molecule has 0 saturated carbocycles. The number of carbonyl (C=O) groups excluding carboxylic acids is 1. The highest BCUT2D eigenvalue weighted by molar-refractivity contribution is 5.79. The molecule has 1 aliphatic heterocycles. The van der Waals surface area contributed by atoms with E-state index >= 15 is 0 Å². The quantitative estimate of drug-likeness (QED) is 0.468. The van der Waals surface area contributed by atoms with Gasteiger partial charge in [0.25, 0.3) is 0 Å². The second kappa shape index (κ2) is 9.18. The van der Waals surface area contributed by atoms with Crippen LogP contribution in [0.15, 0.2) is 73.6 Å². The van der Waals surface area contributed by atoms with Gasteiger partial charge in [0.05, 0.1) is 24.3 Å². The van der Waals surface area contributed by atoms with Gasteiger partial charge in [-0.1, -0.05) is 30.3 Å². The van der Waals surface area contributed by atoms with E-state index in [0.717, 1.165) is 54.8 Å². The van der Waals surface area contributed by atoms with E-state index in [-0.39, 0.29) is 12.0 Å². The van der Waals surface area contributed by atoms with Crippen molar-refractivity contribution in [1.29, 1.82) is 0 Å². The average molecular weight is 428 g/mol.